The topological polar surface area (TPSA) is 111 Å². The number of carbonyl (C=O) groups is 1. The van der Waals surface area contributed by atoms with E-state index < -0.39 is 15.7 Å². The zero-order chi connectivity index (χ0) is 23.3. The normalized spacial score (nSPS) is 11.4. The summed E-state index contributed by atoms with van der Waals surface area (Å²) in [4.78, 5) is 29.5. The molecule has 0 unspecified atom stereocenters. The Morgan fingerprint density at radius 2 is 1.67 bits per heavy atom. The molecule has 0 fully saturated rings. The van der Waals surface area contributed by atoms with Crippen molar-refractivity contribution in [1.82, 2.24) is 20.1 Å². The van der Waals surface area contributed by atoms with Gasteiger partial charge >= 0.3 is 0 Å². The molecule has 168 valence electrons. The van der Waals surface area contributed by atoms with Crippen LogP contribution >= 0.6 is 0 Å². The lowest BCUT2D eigenvalue weighted by Crippen LogP contribution is -2.29. The van der Waals surface area contributed by atoms with Crippen molar-refractivity contribution in [3.05, 3.63) is 101 Å². The lowest BCUT2D eigenvalue weighted by molar-refractivity contribution is -0.120. The smallest absolute Gasteiger partial charge is 0.274 e. The van der Waals surface area contributed by atoms with E-state index in [1.54, 1.807) is 60.9 Å². The Kier molecular flexibility index (Phi) is 6.60. The Labute approximate surface area is 190 Å². The maximum Gasteiger partial charge on any atom is 0.274 e. The quantitative estimate of drug-likeness (QED) is 0.430. The molecule has 2 heterocycles. The zero-order valence-electron chi connectivity index (χ0n) is 17.7. The summed E-state index contributed by atoms with van der Waals surface area (Å²) in [7, 11) is -3.55. The minimum Gasteiger partial charge on any atom is -0.350 e. The number of fused-ring (bicyclic) bond motifs is 1. The summed E-state index contributed by atoms with van der Waals surface area (Å²) in [6.45, 7) is 0.311. The van der Waals surface area contributed by atoms with Gasteiger partial charge in [-0.15, -0.1) is 0 Å². The van der Waals surface area contributed by atoms with E-state index in [-0.39, 0.29) is 35.7 Å². The molecule has 0 aliphatic rings. The molecular formula is C24H22N4O4S. The lowest BCUT2D eigenvalue weighted by atomic mass is 10.1. The van der Waals surface area contributed by atoms with Crippen molar-refractivity contribution in [3.63, 3.8) is 0 Å². The summed E-state index contributed by atoms with van der Waals surface area (Å²) in [5.74, 6) is -0.706. The van der Waals surface area contributed by atoms with E-state index in [1.165, 1.54) is 16.8 Å². The van der Waals surface area contributed by atoms with Gasteiger partial charge < -0.3 is 5.32 Å². The summed E-state index contributed by atoms with van der Waals surface area (Å²) in [5, 5.41) is 8.33. The van der Waals surface area contributed by atoms with Crippen LogP contribution < -0.4 is 10.9 Å². The first-order valence-corrected chi connectivity index (χ1v) is 12.0. The van der Waals surface area contributed by atoms with Crippen molar-refractivity contribution in [2.45, 2.75) is 24.4 Å². The summed E-state index contributed by atoms with van der Waals surface area (Å²) in [6, 6.07) is 18.7. The fourth-order valence-corrected chi connectivity index (χ4v) is 4.71. The number of carbonyl (C=O) groups excluding carboxylic acids is 1. The summed E-state index contributed by atoms with van der Waals surface area (Å²) >= 11 is 0. The fraction of sp³-hybridized carbons (Fsp3) is 0.167. The predicted molar refractivity (Wildman–Crippen MR) is 124 cm³/mol. The Morgan fingerprint density at radius 1 is 0.939 bits per heavy atom. The molecule has 0 aliphatic heterocycles. The van der Waals surface area contributed by atoms with E-state index in [1.807, 2.05) is 6.07 Å². The van der Waals surface area contributed by atoms with Gasteiger partial charge in [-0.3, -0.25) is 14.6 Å². The van der Waals surface area contributed by atoms with Gasteiger partial charge in [0.05, 0.1) is 34.8 Å². The van der Waals surface area contributed by atoms with E-state index >= 15 is 0 Å². The SMILES string of the molecule is O=C(CCS(=O)(=O)c1ccccc1)NCc1nn(Cc2cccnc2)c(=O)c2ccccc12. The van der Waals surface area contributed by atoms with Crippen molar-refractivity contribution in [2.75, 3.05) is 5.75 Å². The van der Waals surface area contributed by atoms with Gasteiger partial charge in [0, 0.05) is 24.2 Å². The number of amides is 1. The average Bonchev–Trinajstić information content (AvgIpc) is 2.85. The molecule has 0 saturated carbocycles. The maximum atomic E-state index is 12.9. The van der Waals surface area contributed by atoms with Gasteiger partial charge in [0.15, 0.2) is 9.84 Å². The third-order valence-corrected chi connectivity index (χ3v) is 6.88. The Bertz CT molecular complexity index is 1440. The first-order valence-electron chi connectivity index (χ1n) is 10.4. The van der Waals surface area contributed by atoms with Gasteiger partial charge in [-0.2, -0.15) is 5.10 Å². The van der Waals surface area contributed by atoms with E-state index in [4.69, 9.17) is 0 Å². The van der Waals surface area contributed by atoms with Crippen LogP contribution in [0.2, 0.25) is 0 Å². The molecule has 2 aromatic carbocycles. The largest absolute Gasteiger partial charge is 0.350 e. The molecule has 0 radical (unpaired) electrons. The van der Waals surface area contributed by atoms with Crippen molar-refractivity contribution in [3.8, 4) is 0 Å². The molecule has 0 saturated heterocycles. The number of aromatic nitrogens is 3. The van der Waals surface area contributed by atoms with Gasteiger partial charge in [0.1, 0.15) is 0 Å². The van der Waals surface area contributed by atoms with E-state index in [2.05, 4.69) is 15.4 Å². The zero-order valence-corrected chi connectivity index (χ0v) is 18.5. The second kappa shape index (κ2) is 9.74. The number of nitrogens with one attached hydrogen (secondary N) is 1. The van der Waals surface area contributed by atoms with Crippen molar-refractivity contribution in [1.29, 1.82) is 0 Å². The van der Waals surface area contributed by atoms with Gasteiger partial charge in [-0.05, 0) is 29.8 Å². The Morgan fingerprint density at radius 3 is 2.39 bits per heavy atom. The van der Waals surface area contributed by atoms with Gasteiger partial charge in [-0.25, -0.2) is 13.1 Å². The number of benzene rings is 2. The van der Waals surface area contributed by atoms with Crippen molar-refractivity contribution < 1.29 is 13.2 Å². The molecule has 1 amide bonds. The highest BCUT2D eigenvalue weighted by atomic mass is 32.2. The standard InChI is InChI=1S/C24H22N4O4S/c29-23(12-14-33(31,32)19-8-2-1-3-9-19)26-16-22-20-10-4-5-11-21(20)24(30)28(27-22)17-18-7-6-13-25-15-18/h1-11,13,15H,12,14,16-17H2,(H,26,29). The Balaban J connectivity index is 1.50. The van der Waals surface area contributed by atoms with E-state index in [0.717, 1.165) is 5.56 Å². The van der Waals surface area contributed by atoms with Crippen LogP contribution in [0.1, 0.15) is 17.7 Å². The van der Waals surface area contributed by atoms with Crippen LogP contribution in [0.25, 0.3) is 10.8 Å². The van der Waals surface area contributed by atoms with Crippen molar-refractivity contribution >= 4 is 26.5 Å². The van der Waals surface area contributed by atoms with Crippen LogP contribution in [0.15, 0.2) is 88.8 Å². The molecule has 4 rings (SSSR count). The molecule has 33 heavy (non-hydrogen) atoms. The predicted octanol–water partition coefficient (Wildman–Crippen LogP) is 2.32. The van der Waals surface area contributed by atoms with Crippen molar-refractivity contribution in [2.24, 2.45) is 0 Å². The number of hydrogen-bond donors (Lipinski definition) is 1. The number of sulfone groups is 1. The minimum atomic E-state index is -3.55. The first-order chi connectivity index (χ1) is 15.9. The molecular weight excluding hydrogens is 440 g/mol. The second-order valence-corrected chi connectivity index (χ2v) is 9.58. The first kappa shape index (κ1) is 22.3. The fourth-order valence-electron chi connectivity index (χ4n) is 3.45. The van der Waals surface area contributed by atoms with Crippen LogP contribution in [0.5, 0.6) is 0 Å². The molecule has 0 spiro atoms. The average molecular weight is 463 g/mol. The summed E-state index contributed by atoms with van der Waals surface area (Å²) < 4.78 is 26.2. The van der Waals surface area contributed by atoms with Crippen LogP contribution in [0.4, 0.5) is 0 Å². The van der Waals surface area contributed by atoms with Crippen LogP contribution in [0.3, 0.4) is 0 Å². The van der Waals surface area contributed by atoms with Crippen LogP contribution in [-0.2, 0) is 27.7 Å². The number of rotatable bonds is 8. The highest BCUT2D eigenvalue weighted by Gasteiger charge is 2.17. The van der Waals surface area contributed by atoms with E-state index in [0.29, 0.717) is 16.5 Å². The molecule has 0 aliphatic carbocycles. The molecule has 0 atom stereocenters. The highest BCUT2D eigenvalue weighted by Crippen LogP contribution is 2.14. The second-order valence-electron chi connectivity index (χ2n) is 7.48. The van der Waals surface area contributed by atoms with Gasteiger partial charge in [-0.1, -0.05) is 42.5 Å². The lowest BCUT2D eigenvalue weighted by Gasteiger charge is -2.12. The molecule has 1 N–H and O–H groups in total. The van der Waals surface area contributed by atoms with Crippen LogP contribution in [0, 0.1) is 0 Å². The number of nitrogens with zero attached hydrogens (tertiary/aromatic N) is 3. The summed E-state index contributed by atoms with van der Waals surface area (Å²) in [6.07, 6.45) is 3.14. The van der Waals surface area contributed by atoms with E-state index in [9.17, 15) is 18.0 Å². The monoisotopic (exact) mass is 462 g/mol. The Hall–Kier alpha value is -3.85. The molecule has 8 nitrogen and oxygen atoms in total. The maximum absolute atomic E-state index is 12.9. The summed E-state index contributed by atoms with van der Waals surface area (Å²) in [5.41, 5.74) is 1.11. The highest BCUT2D eigenvalue weighted by molar-refractivity contribution is 7.91. The molecule has 9 heteroatoms. The van der Waals surface area contributed by atoms with Gasteiger partial charge in [0.2, 0.25) is 5.91 Å². The third-order valence-electron chi connectivity index (χ3n) is 5.15. The van der Waals surface area contributed by atoms with Crippen LogP contribution in [-0.4, -0.2) is 34.8 Å². The number of pyridine rings is 1. The minimum absolute atomic E-state index is 0.0675. The molecule has 0 bridgehead atoms. The third kappa shape index (κ3) is 5.32. The number of hydrogen-bond acceptors (Lipinski definition) is 6. The molecule has 4 aromatic rings. The van der Waals surface area contributed by atoms with Gasteiger partial charge in [0.25, 0.3) is 5.56 Å². The molecule has 2 aromatic heterocycles.